The zero-order valence-electron chi connectivity index (χ0n) is 18.1. The Balaban J connectivity index is 1.67. The van der Waals surface area contributed by atoms with E-state index in [-0.39, 0.29) is 42.0 Å². The highest BCUT2D eigenvalue weighted by atomic mass is 32.2. The van der Waals surface area contributed by atoms with Crippen molar-refractivity contribution in [1.82, 2.24) is 14.1 Å². The molecule has 0 radical (unpaired) electrons. The van der Waals surface area contributed by atoms with Gasteiger partial charge in [-0.25, -0.2) is 8.42 Å². The third-order valence-electron chi connectivity index (χ3n) is 6.43. The average Bonchev–Trinajstić information content (AvgIpc) is 2.72. The van der Waals surface area contributed by atoms with Crippen LogP contribution in [0.5, 0.6) is 0 Å². The standard InChI is InChI=1S/C21H30F3N3O3S/c1-15-6-4-7-16(2)27(15)20(28)17(3)25-10-12-26(13-11-25)31(29,30)19-9-5-8-18(14-19)21(22,23)24/h5,8-9,14-17H,4,6-7,10-13H2,1-3H3/t15-,16+,17-/m1/s1. The van der Waals surface area contributed by atoms with Gasteiger partial charge in [0.2, 0.25) is 15.9 Å². The van der Waals surface area contributed by atoms with Gasteiger partial charge in [0.1, 0.15) is 0 Å². The first kappa shape index (κ1) is 24.0. The van der Waals surface area contributed by atoms with Gasteiger partial charge in [-0.2, -0.15) is 17.5 Å². The van der Waals surface area contributed by atoms with Gasteiger partial charge >= 0.3 is 6.18 Å². The first-order valence-corrected chi connectivity index (χ1v) is 12.1. The van der Waals surface area contributed by atoms with Crippen LogP contribution in [-0.4, -0.2) is 72.7 Å². The predicted octanol–water partition coefficient (Wildman–Crippen LogP) is 3.19. The topological polar surface area (TPSA) is 60.9 Å². The third kappa shape index (κ3) is 5.06. The molecule has 2 aliphatic rings. The lowest BCUT2D eigenvalue weighted by molar-refractivity contribution is -0.143. The number of sulfonamides is 1. The number of amides is 1. The summed E-state index contributed by atoms with van der Waals surface area (Å²) in [4.78, 5) is 16.6. The second kappa shape index (κ2) is 9.07. The lowest BCUT2D eigenvalue weighted by atomic mass is 9.96. The molecular formula is C21H30F3N3O3S. The second-order valence-corrected chi connectivity index (χ2v) is 10.5. The highest BCUT2D eigenvalue weighted by Crippen LogP contribution is 2.31. The van der Waals surface area contributed by atoms with E-state index in [1.807, 2.05) is 16.7 Å². The fraction of sp³-hybridized carbons (Fsp3) is 0.667. The second-order valence-electron chi connectivity index (χ2n) is 8.52. The number of halogens is 3. The minimum atomic E-state index is -4.61. The monoisotopic (exact) mass is 461 g/mol. The van der Waals surface area contributed by atoms with E-state index in [0.717, 1.165) is 31.4 Å². The zero-order valence-corrected chi connectivity index (χ0v) is 18.9. The fourth-order valence-corrected chi connectivity index (χ4v) is 6.01. The number of carbonyl (C=O) groups excluding carboxylic acids is 1. The number of hydrogen-bond donors (Lipinski definition) is 0. The van der Waals surface area contributed by atoms with Gasteiger partial charge in [-0.1, -0.05) is 6.07 Å². The molecule has 3 atom stereocenters. The van der Waals surface area contributed by atoms with E-state index in [2.05, 4.69) is 13.8 Å². The van der Waals surface area contributed by atoms with E-state index in [1.54, 1.807) is 0 Å². The van der Waals surface area contributed by atoms with Crippen molar-refractivity contribution >= 4 is 15.9 Å². The molecule has 0 unspecified atom stereocenters. The largest absolute Gasteiger partial charge is 0.416 e. The maximum absolute atomic E-state index is 13.1. The van der Waals surface area contributed by atoms with Crippen LogP contribution in [0.25, 0.3) is 0 Å². The van der Waals surface area contributed by atoms with Crippen LogP contribution in [0, 0.1) is 0 Å². The van der Waals surface area contributed by atoms with Gasteiger partial charge in [-0.05, 0) is 58.2 Å². The summed E-state index contributed by atoms with van der Waals surface area (Å²) in [5.74, 6) is 0.0499. The molecule has 1 aromatic rings. The molecule has 0 N–H and O–H groups in total. The van der Waals surface area contributed by atoms with Crippen molar-refractivity contribution in [2.75, 3.05) is 26.2 Å². The van der Waals surface area contributed by atoms with Crippen LogP contribution < -0.4 is 0 Å². The van der Waals surface area contributed by atoms with E-state index in [4.69, 9.17) is 0 Å². The summed E-state index contributed by atoms with van der Waals surface area (Å²) in [5, 5.41) is 0. The number of benzene rings is 1. The molecule has 0 spiro atoms. The van der Waals surface area contributed by atoms with Crippen LogP contribution in [0.1, 0.15) is 45.6 Å². The Morgan fingerprint density at radius 1 is 1.06 bits per heavy atom. The van der Waals surface area contributed by atoms with Gasteiger partial charge in [-0.15, -0.1) is 0 Å². The van der Waals surface area contributed by atoms with Crippen molar-refractivity contribution in [2.45, 2.75) is 69.2 Å². The summed E-state index contributed by atoms with van der Waals surface area (Å²) in [7, 11) is -4.04. The fourth-order valence-electron chi connectivity index (χ4n) is 4.54. The quantitative estimate of drug-likeness (QED) is 0.691. The average molecular weight is 462 g/mol. The van der Waals surface area contributed by atoms with Crippen molar-refractivity contribution in [1.29, 1.82) is 0 Å². The van der Waals surface area contributed by atoms with Gasteiger partial charge in [-0.3, -0.25) is 9.69 Å². The Morgan fingerprint density at radius 3 is 2.19 bits per heavy atom. The Hall–Kier alpha value is -1.65. The molecule has 3 rings (SSSR count). The molecular weight excluding hydrogens is 431 g/mol. The normalized spacial score (nSPS) is 25.4. The van der Waals surface area contributed by atoms with Gasteiger partial charge in [0, 0.05) is 38.3 Å². The molecule has 1 aromatic carbocycles. The van der Waals surface area contributed by atoms with E-state index in [1.165, 1.54) is 10.4 Å². The number of nitrogens with zero attached hydrogens (tertiary/aromatic N) is 3. The number of hydrogen-bond acceptors (Lipinski definition) is 4. The molecule has 31 heavy (non-hydrogen) atoms. The summed E-state index contributed by atoms with van der Waals surface area (Å²) in [6.07, 6.45) is -1.55. The van der Waals surface area contributed by atoms with Crippen LogP contribution in [0.4, 0.5) is 13.2 Å². The van der Waals surface area contributed by atoms with E-state index in [0.29, 0.717) is 19.2 Å². The smallest absolute Gasteiger partial charge is 0.336 e. The van der Waals surface area contributed by atoms with Crippen LogP contribution in [-0.2, 0) is 21.0 Å². The number of carbonyl (C=O) groups is 1. The van der Waals surface area contributed by atoms with E-state index >= 15 is 0 Å². The number of piperidine rings is 1. The number of piperazine rings is 1. The molecule has 0 saturated carbocycles. The maximum atomic E-state index is 13.1. The van der Waals surface area contributed by atoms with Crippen LogP contribution in [0.3, 0.4) is 0 Å². The molecule has 0 aliphatic carbocycles. The SMILES string of the molecule is C[C@H](C(=O)N1[C@H](C)CCC[C@@H]1C)N1CCN(S(=O)(=O)c2cccc(C(F)(F)F)c2)CC1. The van der Waals surface area contributed by atoms with Crippen LogP contribution in [0.2, 0.25) is 0 Å². The molecule has 2 saturated heterocycles. The van der Waals surface area contributed by atoms with Crippen molar-refractivity contribution < 1.29 is 26.4 Å². The molecule has 2 aliphatic heterocycles. The summed E-state index contributed by atoms with van der Waals surface area (Å²) in [6, 6.07) is 3.80. The summed E-state index contributed by atoms with van der Waals surface area (Å²) in [6.45, 7) is 6.90. The summed E-state index contributed by atoms with van der Waals surface area (Å²) < 4.78 is 65.9. The van der Waals surface area contributed by atoms with Crippen molar-refractivity contribution in [3.05, 3.63) is 29.8 Å². The Bertz CT molecular complexity index is 889. The predicted molar refractivity (Wildman–Crippen MR) is 111 cm³/mol. The molecule has 174 valence electrons. The van der Waals surface area contributed by atoms with E-state index in [9.17, 15) is 26.4 Å². The van der Waals surface area contributed by atoms with Crippen molar-refractivity contribution in [3.63, 3.8) is 0 Å². The zero-order chi connectivity index (χ0) is 23.0. The highest BCUT2D eigenvalue weighted by molar-refractivity contribution is 7.89. The molecule has 0 bridgehead atoms. The molecule has 6 nitrogen and oxygen atoms in total. The van der Waals surface area contributed by atoms with Crippen LogP contribution >= 0.6 is 0 Å². The minimum Gasteiger partial charge on any atom is -0.336 e. The first-order valence-electron chi connectivity index (χ1n) is 10.7. The number of rotatable bonds is 4. The summed E-state index contributed by atoms with van der Waals surface area (Å²) >= 11 is 0. The van der Waals surface area contributed by atoms with E-state index < -0.39 is 21.8 Å². The van der Waals surface area contributed by atoms with Crippen LogP contribution in [0.15, 0.2) is 29.2 Å². The van der Waals surface area contributed by atoms with Gasteiger partial charge in [0.15, 0.2) is 0 Å². The lowest BCUT2D eigenvalue weighted by Crippen LogP contribution is -2.58. The van der Waals surface area contributed by atoms with Crippen molar-refractivity contribution in [2.24, 2.45) is 0 Å². The first-order chi connectivity index (χ1) is 14.4. The molecule has 2 fully saturated rings. The molecule has 1 amide bonds. The van der Waals surface area contributed by atoms with Crippen molar-refractivity contribution in [3.8, 4) is 0 Å². The summed E-state index contributed by atoms with van der Waals surface area (Å²) in [5.41, 5.74) is -0.990. The van der Waals surface area contributed by atoms with Gasteiger partial charge < -0.3 is 4.90 Å². The molecule has 2 heterocycles. The Morgan fingerprint density at radius 2 is 1.65 bits per heavy atom. The Labute approximate surface area is 182 Å². The van der Waals surface area contributed by atoms with Gasteiger partial charge in [0.25, 0.3) is 0 Å². The lowest BCUT2D eigenvalue weighted by Gasteiger charge is -2.43. The minimum absolute atomic E-state index is 0.0499. The molecule has 10 heteroatoms. The maximum Gasteiger partial charge on any atom is 0.416 e. The molecule has 0 aromatic heterocycles. The number of alkyl halides is 3. The highest BCUT2D eigenvalue weighted by Gasteiger charge is 2.37. The third-order valence-corrected chi connectivity index (χ3v) is 8.32. The Kier molecular flexibility index (Phi) is 7.02. The van der Waals surface area contributed by atoms with Gasteiger partial charge in [0.05, 0.1) is 16.5 Å². The number of likely N-dealkylation sites (tertiary alicyclic amines) is 1.